The molecule has 1 aromatic heterocycles. The molecule has 6 heteroatoms. The Labute approximate surface area is 113 Å². The van der Waals surface area contributed by atoms with E-state index in [0.717, 1.165) is 0 Å². The van der Waals surface area contributed by atoms with Crippen molar-refractivity contribution in [1.29, 1.82) is 0 Å². The molecule has 0 bridgehead atoms. The third-order valence-electron chi connectivity index (χ3n) is 2.41. The molecule has 1 heterocycles. The minimum Gasteiger partial charge on any atom is -0.372 e. The molecule has 0 radical (unpaired) electrons. The lowest BCUT2D eigenvalue weighted by Crippen LogP contribution is -2.38. The van der Waals surface area contributed by atoms with Gasteiger partial charge in [0.05, 0.1) is 12.1 Å². The number of anilines is 1. The first-order valence-corrected chi connectivity index (χ1v) is 6.22. The Kier molecular flexibility index (Phi) is 5.78. The Morgan fingerprint density at radius 3 is 2.68 bits per heavy atom. The van der Waals surface area contributed by atoms with E-state index in [0.29, 0.717) is 23.8 Å². The molecule has 0 unspecified atom stereocenters. The molecule has 0 saturated carbocycles. The highest BCUT2D eigenvalue weighted by Crippen LogP contribution is 2.09. The van der Waals surface area contributed by atoms with Crippen molar-refractivity contribution in [2.24, 2.45) is 5.92 Å². The molecule has 0 saturated heterocycles. The van der Waals surface area contributed by atoms with Crippen molar-refractivity contribution in [2.45, 2.75) is 13.8 Å². The second-order valence-electron chi connectivity index (χ2n) is 4.53. The standard InChI is InChI=1S/C13H20N4O2/c1-9(2)7-16-11(18)8-17-13(19)10-5-4-6-15-12(10)14-3/h4-6,9H,7-8H2,1-3H3,(H,14,15)(H,16,18)(H,17,19). The maximum atomic E-state index is 11.9. The summed E-state index contributed by atoms with van der Waals surface area (Å²) in [6.45, 7) is 4.58. The number of hydrogen-bond donors (Lipinski definition) is 3. The van der Waals surface area contributed by atoms with Crippen LogP contribution in [-0.4, -0.2) is 36.9 Å². The van der Waals surface area contributed by atoms with Gasteiger partial charge in [0.2, 0.25) is 5.91 Å². The molecule has 104 valence electrons. The second kappa shape index (κ2) is 7.35. The van der Waals surface area contributed by atoms with E-state index in [1.54, 1.807) is 25.4 Å². The molecule has 0 aliphatic carbocycles. The quantitative estimate of drug-likeness (QED) is 0.703. The zero-order chi connectivity index (χ0) is 14.3. The average molecular weight is 264 g/mol. The van der Waals surface area contributed by atoms with Gasteiger partial charge >= 0.3 is 0 Å². The molecule has 1 rings (SSSR count). The third kappa shape index (κ3) is 4.95. The Morgan fingerprint density at radius 2 is 2.05 bits per heavy atom. The highest BCUT2D eigenvalue weighted by molar-refractivity contribution is 6.00. The molecular weight excluding hydrogens is 244 g/mol. The van der Waals surface area contributed by atoms with Crippen LogP contribution in [0.25, 0.3) is 0 Å². The summed E-state index contributed by atoms with van der Waals surface area (Å²) in [7, 11) is 1.69. The van der Waals surface area contributed by atoms with Crippen molar-refractivity contribution in [3.63, 3.8) is 0 Å². The van der Waals surface area contributed by atoms with E-state index < -0.39 is 0 Å². The summed E-state index contributed by atoms with van der Waals surface area (Å²) >= 11 is 0. The largest absolute Gasteiger partial charge is 0.372 e. The molecule has 0 aliphatic rings. The first kappa shape index (κ1) is 14.9. The smallest absolute Gasteiger partial charge is 0.255 e. The molecule has 0 spiro atoms. The Bertz CT molecular complexity index is 446. The molecule has 19 heavy (non-hydrogen) atoms. The fourth-order valence-electron chi connectivity index (χ4n) is 1.42. The van der Waals surface area contributed by atoms with Crippen LogP contribution in [-0.2, 0) is 4.79 Å². The summed E-state index contributed by atoms with van der Waals surface area (Å²) in [5.41, 5.74) is 0.418. The number of rotatable bonds is 6. The topological polar surface area (TPSA) is 83.1 Å². The van der Waals surface area contributed by atoms with Crippen LogP contribution in [0, 0.1) is 5.92 Å². The molecule has 0 aliphatic heterocycles. The Balaban J connectivity index is 2.49. The van der Waals surface area contributed by atoms with Crippen LogP contribution >= 0.6 is 0 Å². The summed E-state index contributed by atoms with van der Waals surface area (Å²) in [4.78, 5) is 27.4. The first-order chi connectivity index (χ1) is 9.04. The SMILES string of the molecule is CNc1ncccc1C(=O)NCC(=O)NCC(C)C. The average Bonchev–Trinajstić information content (AvgIpc) is 2.42. The summed E-state index contributed by atoms with van der Waals surface area (Å²) in [5, 5.41) is 8.13. The van der Waals surface area contributed by atoms with E-state index in [9.17, 15) is 9.59 Å². The summed E-state index contributed by atoms with van der Waals surface area (Å²) in [6.07, 6.45) is 1.60. The van der Waals surface area contributed by atoms with Crippen molar-refractivity contribution in [3.8, 4) is 0 Å². The van der Waals surface area contributed by atoms with E-state index >= 15 is 0 Å². The zero-order valence-corrected chi connectivity index (χ0v) is 11.5. The fourth-order valence-corrected chi connectivity index (χ4v) is 1.42. The molecule has 0 fully saturated rings. The Morgan fingerprint density at radius 1 is 1.32 bits per heavy atom. The van der Waals surface area contributed by atoms with Gasteiger partial charge in [0.15, 0.2) is 0 Å². The van der Waals surface area contributed by atoms with Crippen molar-refractivity contribution < 1.29 is 9.59 Å². The highest BCUT2D eigenvalue weighted by atomic mass is 16.2. The normalized spacial score (nSPS) is 10.1. The van der Waals surface area contributed by atoms with Crippen LogP contribution in [0.5, 0.6) is 0 Å². The van der Waals surface area contributed by atoms with Gasteiger partial charge in [-0.25, -0.2) is 4.98 Å². The molecular formula is C13H20N4O2. The van der Waals surface area contributed by atoms with Gasteiger partial charge in [-0.1, -0.05) is 13.8 Å². The minimum atomic E-state index is -0.322. The highest BCUT2D eigenvalue weighted by Gasteiger charge is 2.12. The lowest BCUT2D eigenvalue weighted by atomic mass is 10.2. The van der Waals surface area contributed by atoms with Gasteiger partial charge in [0.1, 0.15) is 5.82 Å². The van der Waals surface area contributed by atoms with Crippen LogP contribution in [0.15, 0.2) is 18.3 Å². The third-order valence-corrected chi connectivity index (χ3v) is 2.41. The molecule has 6 nitrogen and oxygen atoms in total. The first-order valence-electron chi connectivity index (χ1n) is 6.22. The van der Waals surface area contributed by atoms with Crippen LogP contribution in [0.4, 0.5) is 5.82 Å². The van der Waals surface area contributed by atoms with E-state index in [1.165, 1.54) is 0 Å². The number of nitrogens with zero attached hydrogens (tertiary/aromatic N) is 1. The van der Waals surface area contributed by atoms with E-state index in [-0.39, 0.29) is 18.4 Å². The summed E-state index contributed by atoms with van der Waals surface area (Å²) in [6, 6.07) is 3.33. The molecule has 3 N–H and O–H groups in total. The zero-order valence-electron chi connectivity index (χ0n) is 11.5. The van der Waals surface area contributed by atoms with Crippen LogP contribution in [0.1, 0.15) is 24.2 Å². The number of carbonyl (C=O) groups excluding carboxylic acids is 2. The van der Waals surface area contributed by atoms with Gasteiger partial charge in [0.25, 0.3) is 5.91 Å². The maximum absolute atomic E-state index is 11.9. The van der Waals surface area contributed by atoms with E-state index in [2.05, 4.69) is 20.9 Å². The minimum absolute atomic E-state index is 0.0381. The van der Waals surface area contributed by atoms with Crippen molar-refractivity contribution >= 4 is 17.6 Å². The van der Waals surface area contributed by atoms with Crippen molar-refractivity contribution in [2.75, 3.05) is 25.5 Å². The van der Waals surface area contributed by atoms with Crippen molar-refractivity contribution in [3.05, 3.63) is 23.9 Å². The number of carbonyl (C=O) groups is 2. The van der Waals surface area contributed by atoms with E-state index in [4.69, 9.17) is 0 Å². The van der Waals surface area contributed by atoms with Gasteiger partial charge < -0.3 is 16.0 Å². The fraction of sp³-hybridized carbons (Fsp3) is 0.462. The molecule has 2 amide bonds. The summed E-state index contributed by atoms with van der Waals surface area (Å²) in [5.74, 6) is 0.352. The van der Waals surface area contributed by atoms with Crippen LogP contribution in [0.2, 0.25) is 0 Å². The van der Waals surface area contributed by atoms with Gasteiger partial charge in [-0.2, -0.15) is 0 Å². The molecule has 1 aromatic rings. The predicted molar refractivity (Wildman–Crippen MR) is 74.0 cm³/mol. The lowest BCUT2D eigenvalue weighted by molar-refractivity contribution is -0.120. The number of nitrogens with one attached hydrogen (secondary N) is 3. The summed E-state index contributed by atoms with van der Waals surface area (Å²) < 4.78 is 0. The van der Waals surface area contributed by atoms with Gasteiger partial charge in [0, 0.05) is 19.8 Å². The van der Waals surface area contributed by atoms with E-state index in [1.807, 2.05) is 13.8 Å². The lowest BCUT2D eigenvalue weighted by Gasteiger charge is -2.10. The number of pyridine rings is 1. The second-order valence-corrected chi connectivity index (χ2v) is 4.53. The maximum Gasteiger partial charge on any atom is 0.255 e. The number of aromatic nitrogens is 1. The van der Waals surface area contributed by atoms with Gasteiger partial charge in [-0.3, -0.25) is 9.59 Å². The van der Waals surface area contributed by atoms with Gasteiger partial charge in [-0.05, 0) is 18.1 Å². The monoisotopic (exact) mass is 264 g/mol. The Hall–Kier alpha value is -2.11. The van der Waals surface area contributed by atoms with Crippen LogP contribution < -0.4 is 16.0 Å². The van der Waals surface area contributed by atoms with Crippen molar-refractivity contribution in [1.82, 2.24) is 15.6 Å². The molecule has 0 aromatic carbocycles. The molecule has 0 atom stereocenters. The predicted octanol–water partition coefficient (Wildman–Crippen LogP) is 0.625. The van der Waals surface area contributed by atoms with Crippen LogP contribution in [0.3, 0.4) is 0 Å². The number of amides is 2. The van der Waals surface area contributed by atoms with Gasteiger partial charge in [-0.15, -0.1) is 0 Å². The number of hydrogen-bond acceptors (Lipinski definition) is 4.